The van der Waals surface area contributed by atoms with Gasteiger partial charge in [-0.25, -0.2) is 8.42 Å². The zero-order valence-electron chi connectivity index (χ0n) is 24.8. The number of amides is 2. The minimum Gasteiger partial charge on any atom is -0.494 e. The van der Waals surface area contributed by atoms with E-state index in [0.29, 0.717) is 24.5 Å². The molecule has 0 saturated carbocycles. The minimum atomic E-state index is -4.16. The van der Waals surface area contributed by atoms with E-state index in [9.17, 15) is 18.0 Å². The van der Waals surface area contributed by atoms with Gasteiger partial charge in [0.05, 0.1) is 17.2 Å². The van der Waals surface area contributed by atoms with Crippen molar-refractivity contribution in [2.45, 2.75) is 71.0 Å². The van der Waals surface area contributed by atoms with E-state index in [1.807, 2.05) is 58.9 Å². The molecule has 0 aromatic heterocycles. The van der Waals surface area contributed by atoms with Crippen LogP contribution in [0, 0.1) is 6.92 Å². The summed E-state index contributed by atoms with van der Waals surface area (Å²) in [6.07, 6.45) is 1.10. The predicted octanol–water partition coefficient (Wildman–Crippen LogP) is 6.07. The van der Waals surface area contributed by atoms with Gasteiger partial charge in [0, 0.05) is 17.1 Å². The normalized spacial score (nSPS) is 12.7. The lowest BCUT2D eigenvalue weighted by Crippen LogP contribution is -2.53. The second kappa shape index (κ2) is 15.2. The molecule has 42 heavy (non-hydrogen) atoms. The van der Waals surface area contributed by atoms with Crippen LogP contribution in [0.25, 0.3) is 0 Å². The summed E-state index contributed by atoms with van der Waals surface area (Å²) in [6.45, 7) is 9.68. The van der Waals surface area contributed by atoms with Crippen molar-refractivity contribution in [1.82, 2.24) is 10.2 Å². The fourth-order valence-corrected chi connectivity index (χ4v) is 6.15. The van der Waals surface area contributed by atoms with Gasteiger partial charge in [-0.1, -0.05) is 54.0 Å². The highest BCUT2D eigenvalue weighted by molar-refractivity contribution is 9.10. The number of aryl methyl sites for hydroxylation is 1. The largest absolute Gasteiger partial charge is 0.494 e. The van der Waals surface area contributed by atoms with Gasteiger partial charge in [-0.3, -0.25) is 13.9 Å². The SMILES string of the molecule is CCOc1ccc(N(CC(=O)N(Cc2ccccc2C)[C@@H](CC)C(=O)N[C@H](C)CC)S(=O)(=O)c2ccc(Br)cc2)cc1. The van der Waals surface area contributed by atoms with Crippen LogP contribution >= 0.6 is 15.9 Å². The number of hydrogen-bond donors (Lipinski definition) is 1. The third kappa shape index (κ3) is 8.35. The van der Waals surface area contributed by atoms with Crippen molar-refractivity contribution in [1.29, 1.82) is 0 Å². The van der Waals surface area contributed by atoms with E-state index < -0.39 is 28.5 Å². The summed E-state index contributed by atoms with van der Waals surface area (Å²) in [5, 5.41) is 3.00. The van der Waals surface area contributed by atoms with Gasteiger partial charge in [-0.2, -0.15) is 0 Å². The van der Waals surface area contributed by atoms with Crippen molar-refractivity contribution >= 4 is 43.5 Å². The van der Waals surface area contributed by atoms with E-state index in [2.05, 4.69) is 21.2 Å². The van der Waals surface area contributed by atoms with E-state index >= 15 is 0 Å². The van der Waals surface area contributed by atoms with Crippen molar-refractivity contribution < 1.29 is 22.7 Å². The Morgan fingerprint density at radius 2 is 1.57 bits per heavy atom. The molecule has 8 nitrogen and oxygen atoms in total. The zero-order valence-corrected chi connectivity index (χ0v) is 27.2. The van der Waals surface area contributed by atoms with Crippen LogP contribution in [0.15, 0.2) is 82.2 Å². The molecule has 0 unspecified atom stereocenters. The van der Waals surface area contributed by atoms with Crippen molar-refractivity contribution in [2.75, 3.05) is 17.5 Å². The molecule has 0 aliphatic carbocycles. The first-order valence-electron chi connectivity index (χ1n) is 14.2. The third-order valence-corrected chi connectivity index (χ3v) is 9.42. The lowest BCUT2D eigenvalue weighted by Gasteiger charge is -2.34. The van der Waals surface area contributed by atoms with Crippen LogP contribution < -0.4 is 14.4 Å². The summed E-state index contributed by atoms with van der Waals surface area (Å²) >= 11 is 3.35. The van der Waals surface area contributed by atoms with Crippen LogP contribution in [-0.2, 0) is 26.2 Å². The molecule has 0 aliphatic rings. The van der Waals surface area contributed by atoms with E-state index in [1.54, 1.807) is 36.4 Å². The highest BCUT2D eigenvalue weighted by atomic mass is 79.9. The van der Waals surface area contributed by atoms with Crippen molar-refractivity contribution in [3.63, 3.8) is 0 Å². The van der Waals surface area contributed by atoms with Gasteiger partial charge < -0.3 is 15.0 Å². The smallest absolute Gasteiger partial charge is 0.264 e. The van der Waals surface area contributed by atoms with E-state index in [-0.39, 0.29) is 23.4 Å². The van der Waals surface area contributed by atoms with Crippen molar-refractivity contribution in [2.24, 2.45) is 0 Å². The number of sulfonamides is 1. The minimum absolute atomic E-state index is 0.0411. The summed E-state index contributed by atoms with van der Waals surface area (Å²) in [4.78, 5) is 29.2. The lowest BCUT2D eigenvalue weighted by molar-refractivity contribution is -0.140. The maximum Gasteiger partial charge on any atom is 0.264 e. The fourth-order valence-electron chi connectivity index (χ4n) is 4.47. The number of carbonyl (C=O) groups is 2. The van der Waals surface area contributed by atoms with Crippen LogP contribution in [0.5, 0.6) is 5.75 Å². The third-order valence-electron chi connectivity index (χ3n) is 7.11. The van der Waals surface area contributed by atoms with Crippen LogP contribution in [0.4, 0.5) is 5.69 Å². The Hall–Kier alpha value is -3.37. The highest BCUT2D eigenvalue weighted by Gasteiger charge is 2.34. The molecule has 226 valence electrons. The fraction of sp³-hybridized carbons (Fsp3) is 0.375. The second-order valence-electron chi connectivity index (χ2n) is 10.1. The Bertz CT molecular complexity index is 1450. The lowest BCUT2D eigenvalue weighted by atomic mass is 10.1. The molecule has 0 saturated heterocycles. The Kier molecular flexibility index (Phi) is 12.0. The number of anilines is 1. The number of hydrogen-bond acceptors (Lipinski definition) is 5. The van der Waals surface area contributed by atoms with Gasteiger partial charge in [0.1, 0.15) is 18.3 Å². The number of rotatable bonds is 14. The van der Waals surface area contributed by atoms with Crippen LogP contribution in [0.3, 0.4) is 0 Å². The number of nitrogens with zero attached hydrogens (tertiary/aromatic N) is 2. The number of benzene rings is 3. The van der Waals surface area contributed by atoms with Crippen LogP contribution in [0.2, 0.25) is 0 Å². The summed E-state index contributed by atoms with van der Waals surface area (Å²) in [6, 6.07) is 19.6. The molecule has 0 spiro atoms. The molecule has 1 N–H and O–H groups in total. The average Bonchev–Trinajstić information content (AvgIpc) is 2.97. The number of nitrogens with one attached hydrogen (secondary N) is 1. The first kappa shape index (κ1) is 33.1. The maximum atomic E-state index is 14.2. The van der Waals surface area contributed by atoms with Gasteiger partial charge in [0.15, 0.2) is 0 Å². The van der Waals surface area contributed by atoms with Crippen LogP contribution in [-0.4, -0.2) is 50.4 Å². The van der Waals surface area contributed by atoms with E-state index in [4.69, 9.17) is 4.74 Å². The zero-order chi connectivity index (χ0) is 30.9. The second-order valence-corrected chi connectivity index (χ2v) is 12.9. The summed E-state index contributed by atoms with van der Waals surface area (Å²) in [5.74, 6) is -0.168. The molecule has 2 atom stereocenters. The standard InChI is InChI=1S/C32H40BrN3O5S/c1-6-24(5)34-32(38)30(7-2)35(21-25-12-10-9-11-23(25)4)31(37)22-36(27-15-17-28(18-16-27)41-8-3)42(39,40)29-19-13-26(33)14-20-29/h9-20,24,30H,6-8,21-22H2,1-5H3,(H,34,38)/t24-,30+/m1/s1. The quantitative estimate of drug-likeness (QED) is 0.227. The molecule has 3 aromatic carbocycles. The molecule has 0 aliphatic heterocycles. The molecular formula is C32H40BrN3O5S. The molecule has 3 aromatic rings. The number of carbonyl (C=O) groups excluding carboxylic acids is 2. The molecule has 0 heterocycles. The van der Waals surface area contributed by atoms with Gasteiger partial charge in [0.2, 0.25) is 11.8 Å². The molecule has 2 amide bonds. The highest BCUT2D eigenvalue weighted by Crippen LogP contribution is 2.28. The monoisotopic (exact) mass is 657 g/mol. The van der Waals surface area contributed by atoms with Crippen molar-refractivity contribution in [3.8, 4) is 5.75 Å². The van der Waals surface area contributed by atoms with Gasteiger partial charge in [-0.15, -0.1) is 0 Å². The molecular weight excluding hydrogens is 618 g/mol. The van der Waals surface area contributed by atoms with Crippen LogP contribution in [0.1, 0.15) is 51.7 Å². The average molecular weight is 659 g/mol. The molecule has 10 heteroatoms. The number of halogens is 1. The first-order chi connectivity index (χ1) is 20.0. The van der Waals surface area contributed by atoms with Gasteiger partial charge >= 0.3 is 0 Å². The van der Waals surface area contributed by atoms with Gasteiger partial charge in [-0.05, 0) is 93.3 Å². The molecule has 0 bridgehead atoms. The molecule has 3 rings (SSSR count). The van der Waals surface area contributed by atoms with E-state index in [1.165, 1.54) is 17.0 Å². The summed E-state index contributed by atoms with van der Waals surface area (Å²) in [7, 11) is -4.16. The first-order valence-corrected chi connectivity index (χ1v) is 16.4. The summed E-state index contributed by atoms with van der Waals surface area (Å²) in [5.41, 5.74) is 2.16. The summed E-state index contributed by atoms with van der Waals surface area (Å²) < 4.78 is 35.4. The maximum absolute atomic E-state index is 14.2. The Labute approximate surface area is 258 Å². The topological polar surface area (TPSA) is 96.0 Å². The molecule has 0 radical (unpaired) electrons. The Morgan fingerprint density at radius 1 is 0.929 bits per heavy atom. The van der Waals surface area contributed by atoms with E-state index in [0.717, 1.165) is 26.3 Å². The predicted molar refractivity (Wildman–Crippen MR) is 170 cm³/mol. The number of ether oxygens (including phenoxy) is 1. The Morgan fingerprint density at radius 3 is 2.14 bits per heavy atom. The van der Waals surface area contributed by atoms with Gasteiger partial charge in [0.25, 0.3) is 10.0 Å². The molecule has 0 fully saturated rings. The van der Waals surface area contributed by atoms with Crippen molar-refractivity contribution in [3.05, 3.63) is 88.4 Å². The Balaban J connectivity index is 2.07.